The Balaban J connectivity index is 1.57. The van der Waals surface area contributed by atoms with Gasteiger partial charge in [-0.1, -0.05) is 122 Å². The van der Waals surface area contributed by atoms with Gasteiger partial charge >= 0.3 is 0 Å². The zero-order chi connectivity index (χ0) is 27.9. The van der Waals surface area contributed by atoms with Crippen molar-refractivity contribution in [2.45, 2.75) is 141 Å². The van der Waals surface area contributed by atoms with Crippen LogP contribution >= 0.6 is 0 Å². The Kier molecular flexibility index (Phi) is 7.82. The zero-order valence-corrected chi connectivity index (χ0v) is 27.9. The molecular weight excluding hydrogens is 456 g/mol. The van der Waals surface area contributed by atoms with E-state index in [9.17, 15) is 0 Å². The summed E-state index contributed by atoms with van der Waals surface area (Å²) >= 11 is 0. The number of fused-ring (bicyclic) bond motifs is 3. The second kappa shape index (κ2) is 10.1. The summed E-state index contributed by atoms with van der Waals surface area (Å²) in [5.74, 6) is 12.4. The van der Waals surface area contributed by atoms with Gasteiger partial charge in [0.25, 0.3) is 0 Å². The van der Waals surface area contributed by atoms with E-state index in [0.717, 1.165) is 82.9 Å². The van der Waals surface area contributed by atoms with Crippen molar-refractivity contribution in [1.82, 2.24) is 0 Å². The second-order valence-corrected chi connectivity index (χ2v) is 17.8. The molecule has 38 heavy (non-hydrogen) atoms. The van der Waals surface area contributed by atoms with Crippen LogP contribution in [0.4, 0.5) is 0 Å². The van der Waals surface area contributed by atoms with Crippen molar-refractivity contribution < 1.29 is 0 Å². The summed E-state index contributed by atoms with van der Waals surface area (Å²) in [5, 5.41) is 0. The minimum absolute atomic E-state index is 0.429. The Bertz CT molecular complexity index is 835. The fourth-order valence-corrected chi connectivity index (χ4v) is 14.8. The Labute approximate surface area is 239 Å². The van der Waals surface area contributed by atoms with Crippen LogP contribution in [0, 0.1) is 99.1 Å². The van der Waals surface area contributed by atoms with Crippen LogP contribution in [-0.2, 0) is 0 Å². The van der Waals surface area contributed by atoms with Crippen LogP contribution in [0.25, 0.3) is 0 Å². The Morgan fingerprint density at radius 1 is 0.684 bits per heavy atom. The summed E-state index contributed by atoms with van der Waals surface area (Å²) in [6, 6.07) is 0. The van der Waals surface area contributed by atoms with Crippen molar-refractivity contribution in [2.24, 2.45) is 99.1 Å². The maximum absolute atomic E-state index is 2.85. The molecule has 0 heteroatoms. The van der Waals surface area contributed by atoms with Crippen LogP contribution in [0.1, 0.15) is 141 Å². The van der Waals surface area contributed by atoms with E-state index in [2.05, 4.69) is 83.1 Å². The SMILES string of the molecule is CC(C)C1C(C)CC2(C)C(C)C3(C)C(C)C4C(CC5CCCCC5)CCC(C)C4C(C)C3C(C)C2(C)C1C. The summed E-state index contributed by atoms with van der Waals surface area (Å²) in [7, 11) is 0. The maximum Gasteiger partial charge on any atom is -0.0212 e. The molecule has 0 saturated heterocycles. The topological polar surface area (TPSA) is 0 Å². The summed E-state index contributed by atoms with van der Waals surface area (Å²) in [6.45, 7) is 32.6. The monoisotopic (exact) mass is 525 g/mol. The lowest BCUT2D eigenvalue weighted by atomic mass is 9.28. The van der Waals surface area contributed by atoms with E-state index in [1.165, 1.54) is 51.4 Å². The lowest BCUT2D eigenvalue weighted by Gasteiger charge is -2.77. The first-order valence-corrected chi connectivity index (χ1v) is 17.7. The Hall–Kier alpha value is 0. The average molecular weight is 525 g/mol. The van der Waals surface area contributed by atoms with E-state index in [4.69, 9.17) is 0 Å². The number of rotatable bonds is 3. The third-order valence-corrected chi connectivity index (χ3v) is 16.7. The van der Waals surface area contributed by atoms with Gasteiger partial charge in [0, 0.05) is 0 Å². The highest BCUT2D eigenvalue weighted by Gasteiger charge is 2.72. The van der Waals surface area contributed by atoms with Crippen LogP contribution < -0.4 is 0 Å². The minimum Gasteiger partial charge on any atom is -0.0625 e. The molecule has 5 aliphatic rings. The summed E-state index contributed by atoms with van der Waals surface area (Å²) < 4.78 is 0. The molecule has 0 amide bonds. The van der Waals surface area contributed by atoms with Gasteiger partial charge in [0.2, 0.25) is 0 Å². The van der Waals surface area contributed by atoms with E-state index in [1.807, 2.05) is 0 Å². The Morgan fingerprint density at radius 3 is 1.92 bits per heavy atom. The van der Waals surface area contributed by atoms with Crippen molar-refractivity contribution in [1.29, 1.82) is 0 Å². The van der Waals surface area contributed by atoms with Gasteiger partial charge in [-0.3, -0.25) is 0 Å². The van der Waals surface area contributed by atoms with Crippen LogP contribution in [0.5, 0.6) is 0 Å². The predicted molar refractivity (Wildman–Crippen MR) is 166 cm³/mol. The van der Waals surface area contributed by atoms with Crippen LogP contribution in [0.15, 0.2) is 0 Å². The number of hydrogen-bond donors (Lipinski definition) is 0. The molecule has 0 spiro atoms. The second-order valence-electron chi connectivity index (χ2n) is 17.8. The van der Waals surface area contributed by atoms with Crippen molar-refractivity contribution >= 4 is 0 Å². The fraction of sp³-hybridized carbons (Fsp3) is 1.00. The van der Waals surface area contributed by atoms with Gasteiger partial charge in [0.15, 0.2) is 0 Å². The highest BCUT2D eigenvalue weighted by Crippen LogP contribution is 2.78. The summed E-state index contributed by atoms with van der Waals surface area (Å²) in [6.07, 6.45) is 13.6. The molecule has 0 aromatic rings. The molecule has 0 aromatic carbocycles. The van der Waals surface area contributed by atoms with Crippen LogP contribution in [0.2, 0.25) is 0 Å². The predicted octanol–water partition coefficient (Wildman–Crippen LogP) is 11.4. The molecule has 0 bridgehead atoms. The summed E-state index contributed by atoms with van der Waals surface area (Å²) in [5.41, 5.74) is 1.32. The van der Waals surface area contributed by atoms with Crippen LogP contribution in [0.3, 0.4) is 0 Å². The van der Waals surface area contributed by atoms with Gasteiger partial charge in [-0.05, 0) is 118 Å². The van der Waals surface area contributed by atoms with Crippen molar-refractivity contribution in [3.63, 3.8) is 0 Å². The molecule has 15 unspecified atom stereocenters. The first-order valence-electron chi connectivity index (χ1n) is 17.7. The van der Waals surface area contributed by atoms with E-state index >= 15 is 0 Å². The van der Waals surface area contributed by atoms with E-state index in [-0.39, 0.29) is 0 Å². The largest absolute Gasteiger partial charge is 0.0625 e. The quantitative estimate of drug-likeness (QED) is 0.344. The molecule has 0 N–H and O–H groups in total. The van der Waals surface area contributed by atoms with Gasteiger partial charge in [-0.25, -0.2) is 0 Å². The molecule has 0 radical (unpaired) electrons. The van der Waals surface area contributed by atoms with Crippen LogP contribution in [-0.4, -0.2) is 0 Å². The highest BCUT2D eigenvalue weighted by molar-refractivity contribution is 5.20. The van der Waals surface area contributed by atoms with E-state index in [0.29, 0.717) is 16.2 Å². The average Bonchev–Trinajstić information content (AvgIpc) is 2.86. The van der Waals surface area contributed by atoms with E-state index < -0.39 is 0 Å². The van der Waals surface area contributed by atoms with Gasteiger partial charge < -0.3 is 0 Å². The van der Waals surface area contributed by atoms with Crippen molar-refractivity contribution in [2.75, 3.05) is 0 Å². The summed E-state index contributed by atoms with van der Waals surface area (Å²) in [4.78, 5) is 0. The fourth-order valence-electron chi connectivity index (χ4n) is 14.8. The highest BCUT2D eigenvalue weighted by atomic mass is 14.8. The van der Waals surface area contributed by atoms with Crippen molar-refractivity contribution in [3.05, 3.63) is 0 Å². The standard InChI is InChI=1S/C38H68/c1-22(2)32-24(4)21-36(10)29(9)37(11)26(6)34-31(20-30-16-14-13-15-17-30)19-18-23(3)33(34)25(5)35(37)28(8)38(36,12)27(32)7/h22-35H,13-21H2,1-12H3. The first-order chi connectivity index (χ1) is 17.7. The lowest BCUT2D eigenvalue weighted by Crippen LogP contribution is -2.72. The van der Waals surface area contributed by atoms with Gasteiger partial charge in [0.1, 0.15) is 0 Å². The molecule has 5 saturated carbocycles. The van der Waals surface area contributed by atoms with Crippen molar-refractivity contribution in [3.8, 4) is 0 Å². The third-order valence-electron chi connectivity index (χ3n) is 16.7. The molecule has 0 nitrogen and oxygen atoms in total. The Morgan fingerprint density at radius 2 is 1.32 bits per heavy atom. The van der Waals surface area contributed by atoms with Gasteiger partial charge in [-0.2, -0.15) is 0 Å². The van der Waals surface area contributed by atoms with Gasteiger partial charge in [0.05, 0.1) is 0 Å². The molecule has 15 atom stereocenters. The molecule has 5 rings (SSSR count). The lowest BCUT2D eigenvalue weighted by molar-refractivity contribution is -0.294. The van der Waals surface area contributed by atoms with E-state index in [1.54, 1.807) is 6.42 Å². The van der Waals surface area contributed by atoms with Gasteiger partial charge in [-0.15, -0.1) is 0 Å². The molecule has 5 aliphatic carbocycles. The first kappa shape index (κ1) is 29.5. The smallest absolute Gasteiger partial charge is 0.0212 e. The molecule has 0 heterocycles. The zero-order valence-electron chi connectivity index (χ0n) is 27.9. The normalized spacial score (nSPS) is 57.7. The molecule has 0 aliphatic heterocycles. The molecule has 5 fully saturated rings. The number of hydrogen-bond acceptors (Lipinski definition) is 0. The maximum atomic E-state index is 2.85. The molecule has 220 valence electrons. The molecular formula is C38H68. The molecule has 0 aromatic heterocycles. The third kappa shape index (κ3) is 3.85. The minimum atomic E-state index is 0.429.